The summed E-state index contributed by atoms with van der Waals surface area (Å²) in [6.07, 6.45) is 0. The highest BCUT2D eigenvalue weighted by atomic mass is 15.1. The zero-order valence-electron chi connectivity index (χ0n) is 20.7. The number of anilines is 3. The highest BCUT2D eigenvalue weighted by Gasteiger charge is 2.19. The Morgan fingerprint density at radius 2 is 1.08 bits per heavy atom. The van der Waals surface area contributed by atoms with Crippen LogP contribution in [-0.2, 0) is 7.05 Å². The molecule has 0 bridgehead atoms. The van der Waals surface area contributed by atoms with Gasteiger partial charge in [0, 0.05) is 34.7 Å². The minimum atomic E-state index is 1.14. The van der Waals surface area contributed by atoms with Crippen LogP contribution in [-0.4, -0.2) is 4.57 Å². The normalized spacial score (nSPS) is 11.4. The van der Waals surface area contributed by atoms with E-state index in [0.717, 1.165) is 11.4 Å². The van der Waals surface area contributed by atoms with E-state index in [1.54, 1.807) is 0 Å². The molecule has 0 atom stereocenters. The van der Waals surface area contributed by atoms with Gasteiger partial charge in [-0.05, 0) is 70.4 Å². The van der Waals surface area contributed by atoms with Gasteiger partial charge in [-0.3, -0.25) is 0 Å². The lowest BCUT2D eigenvalue weighted by Gasteiger charge is -2.26. The summed E-state index contributed by atoms with van der Waals surface area (Å²) in [6, 6.07) is 50.0. The summed E-state index contributed by atoms with van der Waals surface area (Å²) >= 11 is 0. The monoisotopic (exact) mass is 474 g/mol. The van der Waals surface area contributed by atoms with E-state index in [0.29, 0.717) is 0 Å². The molecule has 0 spiro atoms. The maximum atomic E-state index is 2.38. The van der Waals surface area contributed by atoms with Crippen molar-refractivity contribution in [2.75, 3.05) is 4.90 Å². The van der Waals surface area contributed by atoms with E-state index in [-0.39, 0.29) is 0 Å². The van der Waals surface area contributed by atoms with Crippen molar-refractivity contribution in [1.29, 1.82) is 0 Å². The molecule has 0 aliphatic heterocycles. The van der Waals surface area contributed by atoms with Crippen molar-refractivity contribution in [2.45, 2.75) is 0 Å². The molecule has 1 heterocycles. The van der Waals surface area contributed by atoms with Crippen LogP contribution < -0.4 is 4.90 Å². The molecule has 0 saturated carbocycles. The minimum Gasteiger partial charge on any atom is -0.344 e. The van der Waals surface area contributed by atoms with E-state index < -0.39 is 0 Å². The highest BCUT2D eigenvalue weighted by molar-refractivity contribution is 6.18. The Hall–Kier alpha value is -4.82. The molecule has 37 heavy (non-hydrogen) atoms. The summed E-state index contributed by atoms with van der Waals surface area (Å²) in [7, 11) is 2.17. The van der Waals surface area contributed by atoms with Gasteiger partial charge in [-0.1, -0.05) is 91.0 Å². The average Bonchev–Trinajstić information content (AvgIpc) is 3.25. The second-order valence-corrected chi connectivity index (χ2v) is 9.53. The van der Waals surface area contributed by atoms with Crippen LogP contribution in [0.15, 0.2) is 140 Å². The molecule has 1 aromatic heterocycles. The van der Waals surface area contributed by atoms with E-state index in [1.165, 1.54) is 49.4 Å². The predicted molar refractivity (Wildman–Crippen MR) is 158 cm³/mol. The number of aromatic nitrogens is 1. The van der Waals surface area contributed by atoms with Gasteiger partial charge in [0.15, 0.2) is 0 Å². The molecule has 7 rings (SSSR count). The summed E-state index contributed by atoms with van der Waals surface area (Å²) < 4.78 is 2.32. The minimum absolute atomic E-state index is 1.14. The van der Waals surface area contributed by atoms with Gasteiger partial charge < -0.3 is 9.47 Å². The fraction of sp³-hybridized carbons (Fsp3) is 0.0286. The molecule has 7 aromatic rings. The molecule has 2 nitrogen and oxygen atoms in total. The SMILES string of the molecule is Cn1c2cc3ccccc3cc2c2c(N(c3ccccc3)c3ccc(-c4ccccc4)cc3)cccc21. The standard InChI is InChI=1S/C35H26N2/c1-36-32-17-10-18-33(35(32)31-23-27-13-8-9-14-28(27)24-34(31)36)37(29-15-6-3-7-16-29)30-21-19-26(20-22-30)25-11-4-2-5-12-25/h2-24H,1H3. The lowest BCUT2D eigenvalue weighted by Crippen LogP contribution is -2.10. The second kappa shape index (κ2) is 8.69. The van der Waals surface area contributed by atoms with E-state index in [4.69, 9.17) is 0 Å². The summed E-state index contributed by atoms with van der Waals surface area (Å²) in [4.78, 5) is 2.38. The largest absolute Gasteiger partial charge is 0.344 e. The number of rotatable bonds is 4. The Kier molecular flexibility index (Phi) is 5.04. The third-order valence-corrected chi connectivity index (χ3v) is 7.36. The highest BCUT2D eigenvalue weighted by Crippen LogP contribution is 2.43. The van der Waals surface area contributed by atoms with Crippen LogP contribution in [0.4, 0.5) is 17.1 Å². The first kappa shape index (κ1) is 21.5. The van der Waals surface area contributed by atoms with Crippen LogP contribution in [0, 0.1) is 0 Å². The third-order valence-electron chi connectivity index (χ3n) is 7.36. The number of para-hydroxylation sites is 1. The summed E-state index contributed by atoms with van der Waals surface area (Å²) in [5.74, 6) is 0. The molecule has 176 valence electrons. The molecule has 0 unspecified atom stereocenters. The number of nitrogens with zero attached hydrogens (tertiary/aromatic N) is 2. The quantitative estimate of drug-likeness (QED) is 0.246. The molecule has 0 aliphatic rings. The van der Waals surface area contributed by atoms with Crippen molar-refractivity contribution in [3.8, 4) is 11.1 Å². The van der Waals surface area contributed by atoms with Gasteiger partial charge in [0.2, 0.25) is 0 Å². The van der Waals surface area contributed by atoms with Gasteiger partial charge in [-0.25, -0.2) is 0 Å². The van der Waals surface area contributed by atoms with Crippen LogP contribution in [0.5, 0.6) is 0 Å². The Labute approximate surface area is 216 Å². The van der Waals surface area contributed by atoms with Crippen LogP contribution >= 0.6 is 0 Å². The van der Waals surface area contributed by atoms with E-state index in [9.17, 15) is 0 Å². The maximum Gasteiger partial charge on any atom is 0.0561 e. The van der Waals surface area contributed by atoms with Gasteiger partial charge in [0.25, 0.3) is 0 Å². The van der Waals surface area contributed by atoms with Crippen molar-refractivity contribution < 1.29 is 0 Å². The van der Waals surface area contributed by atoms with Crippen molar-refractivity contribution in [3.05, 3.63) is 140 Å². The van der Waals surface area contributed by atoms with Crippen molar-refractivity contribution in [1.82, 2.24) is 4.57 Å². The Morgan fingerprint density at radius 1 is 0.486 bits per heavy atom. The number of aryl methyl sites for hydroxylation is 1. The molecule has 0 fully saturated rings. The summed E-state index contributed by atoms with van der Waals surface area (Å²) in [5.41, 5.74) is 8.36. The van der Waals surface area contributed by atoms with Gasteiger partial charge in [-0.15, -0.1) is 0 Å². The van der Waals surface area contributed by atoms with E-state index in [2.05, 4.69) is 156 Å². The molecular formula is C35H26N2. The smallest absolute Gasteiger partial charge is 0.0561 e. The summed E-state index contributed by atoms with van der Waals surface area (Å²) in [6.45, 7) is 0. The third kappa shape index (κ3) is 3.57. The molecule has 6 aromatic carbocycles. The molecule has 0 saturated heterocycles. The Morgan fingerprint density at radius 3 is 1.81 bits per heavy atom. The number of benzene rings is 6. The zero-order valence-corrected chi connectivity index (χ0v) is 20.7. The first-order valence-electron chi connectivity index (χ1n) is 12.7. The maximum absolute atomic E-state index is 2.38. The topological polar surface area (TPSA) is 8.17 Å². The fourth-order valence-corrected chi connectivity index (χ4v) is 5.54. The predicted octanol–water partition coefficient (Wildman–Crippen LogP) is 9.62. The van der Waals surface area contributed by atoms with Crippen molar-refractivity contribution in [2.24, 2.45) is 7.05 Å². The van der Waals surface area contributed by atoms with Crippen molar-refractivity contribution in [3.63, 3.8) is 0 Å². The lowest BCUT2D eigenvalue weighted by atomic mass is 10.0. The van der Waals surface area contributed by atoms with Crippen LogP contribution in [0.25, 0.3) is 43.7 Å². The van der Waals surface area contributed by atoms with E-state index >= 15 is 0 Å². The van der Waals surface area contributed by atoms with Crippen LogP contribution in [0.2, 0.25) is 0 Å². The number of hydrogen-bond acceptors (Lipinski definition) is 1. The molecule has 0 amide bonds. The van der Waals surface area contributed by atoms with Gasteiger partial charge in [-0.2, -0.15) is 0 Å². The summed E-state index contributed by atoms with van der Waals surface area (Å²) in [5, 5.41) is 5.06. The van der Waals surface area contributed by atoms with Gasteiger partial charge in [0.1, 0.15) is 0 Å². The first-order valence-corrected chi connectivity index (χ1v) is 12.7. The Bertz CT molecular complexity index is 1860. The lowest BCUT2D eigenvalue weighted by molar-refractivity contribution is 1.01. The molecule has 0 N–H and O–H groups in total. The van der Waals surface area contributed by atoms with E-state index in [1.807, 2.05) is 0 Å². The van der Waals surface area contributed by atoms with Gasteiger partial charge in [0.05, 0.1) is 11.2 Å². The number of hydrogen-bond donors (Lipinski definition) is 0. The Balaban J connectivity index is 1.48. The zero-order chi connectivity index (χ0) is 24.8. The molecular weight excluding hydrogens is 448 g/mol. The van der Waals surface area contributed by atoms with Gasteiger partial charge >= 0.3 is 0 Å². The van der Waals surface area contributed by atoms with Crippen molar-refractivity contribution >= 4 is 49.6 Å². The van der Waals surface area contributed by atoms with Crippen LogP contribution in [0.3, 0.4) is 0 Å². The van der Waals surface area contributed by atoms with Crippen LogP contribution in [0.1, 0.15) is 0 Å². The molecule has 2 heteroatoms. The molecule has 0 radical (unpaired) electrons. The second-order valence-electron chi connectivity index (χ2n) is 9.53. The first-order chi connectivity index (χ1) is 18.3. The average molecular weight is 475 g/mol. The number of fused-ring (bicyclic) bond motifs is 4. The molecule has 0 aliphatic carbocycles. The fourth-order valence-electron chi connectivity index (χ4n) is 5.54.